The minimum atomic E-state index is -1.58. The summed E-state index contributed by atoms with van der Waals surface area (Å²) in [7, 11) is 0. The Morgan fingerprint density at radius 2 is 1.40 bits per heavy atom. The van der Waals surface area contributed by atoms with Crippen molar-refractivity contribution in [3.8, 4) is 0 Å². The number of nitrogens with one attached hydrogen (secondary N) is 2. The maximum absolute atomic E-state index is 8.67. The van der Waals surface area contributed by atoms with Gasteiger partial charge in [-0.15, -0.1) is 0 Å². The second-order valence-corrected chi connectivity index (χ2v) is 1.82. The highest BCUT2D eigenvalue weighted by Gasteiger charge is 1.91. The van der Waals surface area contributed by atoms with Gasteiger partial charge in [0.05, 0.1) is 0 Å². The molecule has 5 heteroatoms. The van der Waals surface area contributed by atoms with Crippen LogP contribution in [0.15, 0.2) is 0 Å². The summed E-state index contributed by atoms with van der Waals surface area (Å²) in [4.78, 5) is 8.67. The SMILES string of the molecule is C1CNCCN1.NC(=O)[O-]. The van der Waals surface area contributed by atoms with E-state index in [2.05, 4.69) is 16.4 Å². The molecule has 1 aliphatic rings. The Labute approximate surface area is 59.6 Å². The van der Waals surface area contributed by atoms with Gasteiger partial charge >= 0.3 is 0 Å². The van der Waals surface area contributed by atoms with Crippen LogP contribution in [-0.2, 0) is 0 Å². The molecule has 1 saturated heterocycles. The van der Waals surface area contributed by atoms with Crippen LogP contribution in [0.1, 0.15) is 0 Å². The van der Waals surface area contributed by atoms with Gasteiger partial charge in [0, 0.05) is 26.2 Å². The first-order chi connectivity index (χ1) is 4.73. The number of carboxylic acid groups (broad SMARTS) is 1. The van der Waals surface area contributed by atoms with E-state index in [1.165, 1.54) is 0 Å². The molecule has 1 heterocycles. The van der Waals surface area contributed by atoms with Gasteiger partial charge in [-0.05, 0) is 0 Å². The van der Waals surface area contributed by atoms with E-state index in [4.69, 9.17) is 9.90 Å². The maximum Gasteiger partial charge on any atom is 0.131 e. The lowest BCUT2D eigenvalue weighted by Crippen LogP contribution is -2.39. The van der Waals surface area contributed by atoms with Gasteiger partial charge in [0.25, 0.3) is 0 Å². The van der Waals surface area contributed by atoms with Gasteiger partial charge in [-0.1, -0.05) is 0 Å². The summed E-state index contributed by atoms with van der Waals surface area (Å²) >= 11 is 0. The molecule has 0 aromatic carbocycles. The molecule has 1 aliphatic heterocycles. The maximum atomic E-state index is 8.67. The number of carbonyl (C=O) groups excluding carboxylic acids is 1. The molecule has 4 N–H and O–H groups in total. The van der Waals surface area contributed by atoms with Crippen LogP contribution < -0.4 is 21.5 Å². The molecule has 1 rings (SSSR count). The topological polar surface area (TPSA) is 90.2 Å². The lowest BCUT2D eigenvalue weighted by Gasteiger charge is -2.11. The summed E-state index contributed by atoms with van der Waals surface area (Å²) < 4.78 is 0. The van der Waals surface area contributed by atoms with Gasteiger partial charge < -0.3 is 26.3 Å². The second kappa shape index (κ2) is 6.31. The van der Waals surface area contributed by atoms with Crippen molar-refractivity contribution in [2.75, 3.05) is 26.2 Å². The fourth-order valence-electron chi connectivity index (χ4n) is 0.604. The number of piperazine rings is 1. The van der Waals surface area contributed by atoms with Gasteiger partial charge in [-0.25, -0.2) is 0 Å². The largest absolute Gasteiger partial charge is 0.530 e. The number of nitrogens with two attached hydrogens (primary N) is 1. The molecule has 0 saturated carbocycles. The van der Waals surface area contributed by atoms with Crippen molar-refractivity contribution >= 4 is 6.09 Å². The Bertz CT molecular complexity index is 77.4. The number of carbonyl (C=O) groups is 1. The molecule has 0 aromatic heterocycles. The van der Waals surface area contributed by atoms with Crippen LogP contribution in [0.5, 0.6) is 0 Å². The average Bonchev–Trinajstić information content (AvgIpc) is 1.90. The van der Waals surface area contributed by atoms with Crippen LogP contribution >= 0.6 is 0 Å². The van der Waals surface area contributed by atoms with E-state index in [1.54, 1.807) is 0 Å². The molecule has 0 unspecified atom stereocenters. The molecule has 0 atom stereocenters. The minimum absolute atomic E-state index is 1.14. The van der Waals surface area contributed by atoms with E-state index >= 15 is 0 Å². The fraction of sp³-hybridized carbons (Fsp3) is 0.800. The van der Waals surface area contributed by atoms with Gasteiger partial charge in [0.15, 0.2) is 0 Å². The zero-order chi connectivity index (χ0) is 7.82. The smallest absolute Gasteiger partial charge is 0.131 e. The third kappa shape index (κ3) is 10.2. The van der Waals surface area contributed by atoms with Crippen molar-refractivity contribution in [1.29, 1.82) is 0 Å². The minimum Gasteiger partial charge on any atom is -0.530 e. The first kappa shape index (κ1) is 9.19. The van der Waals surface area contributed by atoms with Crippen LogP contribution in [0.25, 0.3) is 0 Å². The summed E-state index contributed by atoms with van der Waals surface area (Å²) in [6.07, 6.45) is -1.58. The Morgan fingerprint density at radius 1 is 1.20 bits per heavy atom. The van der Waals surface area contributed by atoms with Gasteiger partial charge in [-0.2, -0.15) is 0 Å². The van der Waals surface area contributed by atoms with Crippen LogP contribution in [0, 0.1) is 0 Å². The van der Waals surface area contributed by atoms with Crippen LogP contribution in [-0.4, -0.2) is 32.3 Å². The van der Waals surface area contributed by atoms with Crippen LogP contribution in [0.3, 0.4) is 0 Å². The monoisotopic (exact) mass is 146 g/mol. The van der Waals surface area contributed by atoms with E-state index in [0.29, 0.717) is 0 Å². The summed E-state index contributed by atoms with van der Waals surface area (Å²) in [6, 6.07) is 0. The van der Waals surface area contributed by atoms with E-state index in [0.717, 1.165) is 26.2 Å². The van der Waals surface area contributed by atoms with Crippen molar-refractivity contribution < 1.29 is 9.90 Å². The van der Waals surface area contributed by atoms with Crippen LogP contribution in [0.2, 0.25) is 0 Å². The summed E-state index contributed by atoms with van der Waals surface area (Å²) in [5, 5.41) is 15.1. The predicted octanol–water partition coefficient (Wildman–Crippen LogP) is -2.53. The third-order valence-corrected chi connectivity index (χ3v) is 0.957. The quantitative estimate of drug-likeness (QED) is 0.351. The van der Waals surface area contributed by atoms with Crippen molar-refractivity contribution in [3.05, 3.63) is 0 Å². The molecule has 1 fully saturated rings. The molecule has 1 amide bonds. The second-order valence-electron chi connectivity index (χ2n) is 1.82. The molecule has 60 valence electrons. The Morgan fingerprint density at radius 3 is 1.50 bits per heavy atom. The number of primary amides is 1. The summed E-state index contributed by atoms with van der Waals surface area (Å²) in [5.41, 5.74) is 3.92. The van der Waals surface area contributed by atoms with Gasteiger partial charge in [0.1, 0.15) is 6.09 Å². The number of hydrogen-bond acceptors (Lipinski definition) is 4. The van der Waals surface area contributed by atoms with Crippen molar-refractivity contribution in [1.82, 2.24) is 10.6 Å². The van der Waals surface area contributed by atoms with E-state index in [1.807, 2.05) is 0 Å². The Hall–Kier alpha value is -0.810. The van der Waals surface area contributed by atoms with Crippen molar-refractivity contribution in [2.24, 2.45) is 5.73 Å². The molecule has 0 radical (unpaired) electrons. The Balaban J connectivity index is 0.000000180. The van der Waals surface area contributed by atoms with E-state index < -0.39 is 6.09 Å². The van der Waals surface area contributed by atoms with Crippen molar-refractivity contribution in [3.63, 3.8) is 0 Å². The molecular weight excluding hydrogens is 134 g/mol. The Kier molecular flexibility index (Phi) is 5.80. The highest BCUT2D eigenvalue weighted by Crippen LogP contribution is 1.65. The average molecular weight is 146 g/mol. The highest BCUT2D eigenvalue weighted by atomic mass is 16.4. The fourth-order valence-corrected chi connectivity index (χ4v) is 0.604. The lowest BCUT2D eigenvalue weighted by atomic mass is 10.4. The van der Waals surface area contributed by atoms with Crippen molar-refractivity contribution in [2.45, 2.75) is 0 Å². The summed E-state index contributed by atoms with van der Waals surface area (Å²) in [6.45, 7) is 4.56. The third-order valence-electron chi connectivity index (χ3n) is 0.957. The van der Waals surface area contributed by atoms with E-state index in [9.17, 15) is 0 Å². The van der Waals surface area contributed by atoms with Gasteiger partial charge in [-0.3, -0.25) is 0 Å². The normalized spacial score (nSPS) is 16.8. The first-order valence-corrected chi connectivity index (χ1v) is 3.11. The lowest BCUT2D eigenvalue weighted by molar-refractivity contribution is -0.245. The molecule has 0 aromatic rings. The van der Waals surface area contributed by atoms with E-state index in [-0.39, 0.29) is 0 Å². The standard InChI is InChI=1S/C4H10N2.CH3NO2/c1-2-6-4-3-5-1;2-1(3)4/h5-6H,1-4H2;2H2,(H,3,4)/p-1. The zero-order valence-electron chi connectivity index (χ0n) is 5.72. The number of hydrogen-bond donors (Lipinski definition) is 3. The molecule has 0 bridgehead atoms. The van der Waals surface area contributed by atoms with Gasteiger partial charge in [0.2, 0.25) is 0 Å². The number of amides is 1. The number of rotatable bonds is 0. The molecule has 5 nitrogen and oxygen atoms in total. The summed E-state index contributed by atoms with van der Waals surface area (Å²) in [5.74, 6) is 0. The van der Waals surface area contributed by atoms with Crippen LogP contribution in [0.4, 0.5) is 4.79 Å². The predicted molar refractivity (Wildman–Crippen MR) is 35.3 cm³/mol. The highest BCUT2D eigenvalue weighted by molar-refractivity contribution is 5.58. The molecular formula is C5H12N3O2-. The molecule has 0 spiro atoms. The molecule has 0 aliphatic carbocycles. The zero-order valence-corrected chi connectivity index (χ0v) is 5.72. The first-order valence-electron chi connectivity index (χ1n) is 3.11. The molecule has 10 heavy (non-hydrogen) atoms.